The van der Waals surface area contributed by atoms with Crippen LogP contribution in [0.25, 0.3) is 0 Å². The second-order valence-electron chi connectivity index (χ2n) is 7.13. The first kappa shape index (κ1) is 17.9. The number of carbonyl (C=O) groups is 1. The third-order valence-corrected chi connectivity index (χ3v) is 5.42. The van der Waals surface area contributed by atoms with Crippen molar-refractivity contribution in [3.8, 4) is 5.75 Å². The lowest BCUT2D eigenvalue weighted by molar-refractivity contribution is -0.129. The molecule has 2 aliphatic rings. The fourth-order valence-corrected chi connectivity index (χ4v) is 3.84. The van der Waals surface area contributed by atoms with Crippen LogP contribution in [0, 0.1) is 5.92 Å². The van der Waals surface area contributed by atoms with Crippen LogP contribution in [-0.2, 0) is 16.1 Å². The molecule has 2 fully saturated rings. The second kappa shape index (κ2) is 7.66. The largest absolute Gasteiger partial charge is 0.497 e. The second-order valence-corrected chi connectivity index (χ2v) is 7.13. The summed E-state index contributed by atoms with van der Waals surface area (Å²) in [5, 5.41) is 0. The first-order valence-corrected chi connectivity index (χ1v) is 9.25. The number of carbonyl (C=O) groups excluding carboxylic acids is 1. The molecule has 1 aromatic carbocycles. The van der Waals surface area contributed by atoms with Crippen molar-refractivity contribution in [2.24, 2.45) is 5.92 Å². The number of amides is 1. The van der Waals surface area contributed by atoms with Crippen molar-refractivity contribution in [1.82, 2.24) is 9.88 Å². The van der Waals surface area contributed by atoms with E-state index in [4.69, 9.17) is 14.2 Å². The predicted molar refractivity (Wildman–Crippen MR) is 99.6 cm³/mol. The van der Waals surface area contributed by atoms with Crippen LogP contribution in [0.2, 0.25) is 0 Å². The Labute approximate surface area is 159 Å². The topological polar surface area (TPSA) is 60.9 Å². The Kier molecular flexibility index (Phi) is 5.09. The molecule has 0 bridgehead atoms. The maximum atomic E-state index is 12.7. The number of methoxy groups -OCH3 is 1. The van der Waals surface area contributed by atoms with E-state index in [-0.39, 0.29) is 11.5 Å². The molecule has 1 atom stereocenters. The monoisotopic (exact) mass is 368 g/mol. The van der Waals surface area contributed by atoms with Gasteiger partial charge in [0.25, 0.3) is 5.91 Å². The molecule has 27 heavy (non-hydrogen) atoms. The van der Waals surface area contributed by atoms with Crippen molar-refractivity contribution in [3.05, 3.63) is 59.9 Å². The van der Waals surface area contributed by atoms with Crippen molar-refractivity contribution < 1.29 is 19.0 Å². The Balaban J connectivity index is 1.32. The van der Waals surface area contributed by atoms with Gasteiger partial charge in [-0.25, -0.2) is 0 Å². The SMILES string of the molecule is COc1cccc(C(=O)N2CC3(C2)OCC[C@@H]3COCc2ccccn2)c1. The van der Waals surface area contributed by atoms with Gasteiger partial charge < -0.3 is 19.1 Å². The lowest BCUT2D eigenvalue weighted by atomic mass is 9.81. The van der Waals surface area contributed by atoms with Crippen molar-refractivity contribution in [2.45, 2.75) is 18.6 Å². The van der Waals surface area contributed by atoms with Crippen molar-refractivity contribution >= 4 is 5.91 Å². The number of benzene rings is 1. The number of rotatable bonds is 6. The van der Waals surface area contributed by atoms with E-state index in [1.807, 2.05) is 41.3 Å². The molecule has 0 unspecified atom stereocenters. The number of aromatic nitrogens is 1. The molecule has 2 aromatic rings. The third-order valence-electron chi connectivity index (χ3n) is 5.42. The van der Waals surface area contributed by atoms with E-state index >= 15 is 0 Å². The summed E-state index contributed by atoms with van der Waals surface area (Å²) in [5.41, 5.74) is 1.30. The molecule has 0 N–H and O–H groups in total. The molecule has 1 aromatic heterocycles. The minimum atomic E-state index is -0.265. The number of pyridine rings is 1. The highest BCUT2D eigenvalue weighted by Gasteiger charge is 2.54. The molecular weight excluding hydrogens is 344 g/mol. The van der Waals surface area contributed by atoms with Crippen molar-refractivity contribution in [2.75, 3.05) is 33.4 Å². The van der Waals surface area contributed by atoms with E-state index in [9.17, 15) is 4.79 Å². The van der Waals surface area contributed by atoms with Gasteiger partial charge in [-0.1, -0.05) is 12.1 Å². The summed E-state index contributed by atoms with van der Waals surface area (Å²) in [7, 11) is 1.60. The van der Waals surface area contributed by atoms with Gasteiger partial charge >= 0.3 is 0 Å². The summed E-state index contributed by atoms with van der Waals surface area (Å²) in [4.78, 5) is 18.8. The van der Waals surface area contributed by atoms with Gasteiger partial charge in [-0.3, -0.25) is 9.78 Å². The van der Waals surface area contributed by atoms with Crippen LogP contribution in [0.1, 0.15) is 22.5 Å². The fourth-order valence-electron chi connectivity index (χ4n) is 3.84. The van der Waals surface area contributed by atoms with Crippen LogP contribution in [0.15, 0.2) is 48.7 Å². The fraction of sp³-hybridized carbons (Fsp3) is 0.429. The van der Waals surface area contributed by atoms with Gasteiger partial charge in [0.05, 0.1) is 39.1 Å². The minimum Gasteiger partial charge on any atom is -0.497 e. The average Bonchev–Trinajstić information content (AvgIpc) is 3.11. The van der Waals surface area contributed by atoms with E-state index in [0.717, 1.165) is 18.7 Å². The summed E-state index contributed by atoms with van der Waals surface area (Å²) >= 11 is 0. The number of hydrogen-bond acceptors (Lipinski definition) is 5. The van der Waals surface area contributed by atoms with Gasteiger partial charge in [0.2, 0.25) is 0 Å². The quantitative estimate of drug-likeness (QED) is 0.784. The van der Waals surface area contributed by atoms with E-state index in [1.165, 1.54) is 0 Å². The molecule has 3 heterocycles. The molecule has 142 valence electrons. The van der Waals surface area contributed by atoms with Crippen molar-refractivity contribution in [1.29, 1.82) is 0 Å². The molecule has 1 spiro atoms. The van der Waals surface area contributed by atoms with Gasteiger partial charge in [0, 0.05) is 24.3 Å². The standard InChI is InChI=1S/C21H24N2O4/c1-25-19-7-4-5-16(11-19)20(24)23-14-21(15-23)17(8-10-27-21)12-26-13-18-6-2-3-9-22-18/h2-7,9,11,17H,8,10,12-15H2,1H3/t17-/m1/s1. The highest BCUT2D eigenvalue weighted by Crippen LogP contribution is 2.40. The lowest BCUT2D eigenvalue weighted by Crippen LogP contribution is -2.66. The summed E-state index contributed by atoms with van der Waals surface area (Å²) in [6.07, 6.45) is 2.73. The zero-order valence-electron chi connectivity index (χ0n) is 15.5. The smallest absolute Gasteiger partial charge is 0.254 e. The first-order chi connectivity index (χ1) is 13.2. The third kappa shape index (κ3) is 3.68. The number of ether oxygens (including phenoxy) is 3. The first-order valence-electron chi connectivity index (χ1n) is 9.25. The summed E-state index contributed by atoms with van der Waals surface area (Å²) in [6.45, 7) is 3.07. The molecular formula is C21H24N2O4. The summed E-state index contributed by atoms with van der Waals surface area (Å²) < 4.78 is 17.1. The van der Waals surface area contributed by atoms with E-state index in [1.54, 1.807) is 19.4 Å². The Morgan fingerprint density at radius 3 is 2.96 bits per heavy atom. The Morgan fingerprint density at radius 2 is 2.19 bits per heavy atom. The number of likely N-dealkylation sites (tertiary alicyclic amines) is 1. The highest BCUT2D eigenvalue weighted by atomic mass is 16.5. The van der Waals surface area contributed by atoms with Gasteiger partial charge in [0.15, 0.2) is 0 Å². The predicted octanol–water partition coefficient (Wildman–Crippen LogP) is 2.54. The Morgan fingerprint density at radius 1 is 1.30 bits per heavy atom. The van der Waals surface area contributed by atoms with Crippen LogP contribution in [-0.4, -0.2) is 54.8 Å². The zero-order valence-corrected chi connectivity index (χ0v) is 15.5. The van der Waals surface area contributed by atoms with Crippen molar-refractivity contribution in [3.63, 3.8) is 0 Å². The molecule has 6 heteroatoms. The van der Waals surface area contributed by atoms with Crippen LogP contribution in [0.4, 0.5) is 0 Å². The maximum absolute atomic E-state index is 12.7. The maximum Gasteiger partial charge on any atom is 0.254 e. The molecule has 0 saturated carbocycles. The average molecular weight is 368 g/mol. The van der Waals surface area contributed by atoms with Crippen LogP contribution in [0.5, 0.6) is 5.75 Å². The van der Waals surface area contributed by atoms with Crippen LogP contribution < -0.4 is 4.74 Å². The molecule has 0 aliphatic carbocycles. The van der Waals surface area contributed by atoms with Gasteiger partial charge in [0.1, 0.15) is 11.4 Å². The lowest BCUT2D eigenvalue weighted by Gasteiger charge is -2.50. The molecule has 4 rings (SSSR count). The molecule has 2 aliphatic heterocycles. The van der Waals surface area contributed by atoms with Gasteiger partial charge in [-0.05, 0) is 36.8 Å². The molecule has 2 saturated heterocycles. The zero-order chi connectivity index (χ0) is 18.7. The van der Waals surface area contributed by atoms with Gasteiger partial charge in [-0.2, -0.15) is 0 Å². The summed E-state index contributed by atoms with van der Waals surface area (Å²) in [5.74, 6) is 1.01. The highest BCUT2D eigenvalue weighted by molar-refractivity contribution is 5.95. The van der Waals surface area contributed by atoms with Gasteiger partial charge in [-0.15, -0.1) is 0 Å². The number of hydrogen-bond donors (Lipinski definition) is 0. The van der Waals surface area contributed by atoms with Crippen LogP contribution in [0.3, 0.4) is 0 Å². The normalized spacial score (nSPS) is 20.5. The number of nitrogens with zero attached hydrogens (tertiary/aromatic N) is 2. The van der Waals surface area contributed by atoms with E-state index in [2.05, 4.69) is 4.98 Å². The molecule has 0 radical (unpaired) electrons. The van der Waals surface area contributed by atoms with E-state index < -0.39 is 0 Å². The Hall–Kier alpha value is -2.44. The molecule has 1 amide bonds. The summed E-state index contributed by atoms with van der Waals surface area (Å²) in [6, 6.07) is 13.1. The molecule has 6 nitrogen and oxygen atoms in total. The van der Waals surface area contributed by atoms with E-state index in [0.29, 0.717) is 43.5 Å². The Bertz CT molecular complexity index is 790. The minimum absolute atomic E-state index is 0.0168. The van der Waals surface area contributed by atoms with Crippen LogP contribution >= 0.6 is 0 Å².